The van der Waals surface area contributed by atoms with Crippen LogP contribution in [0.25, 0.3) is 0 Å². The molecular formula is C17H16N4O3S. The van der Waals surface area contributed by atoms with Crippen LogP contribution in [0.1, 0.15) is 21.8 Å². The third kappa shape index (κ3) is 4.51. The van der Waals surface area contributed by atoms with Crippen LogP contribution >= 0.6 is 11.3 Å². The molecule has 2 amide bonds. The van der Waals surface area contributed by atoms with Gasteiger partial charge in [0.15, 0.2) is 10.9 Å². The van der Waals surface area contributed by atoms with Crippen LogP contribution in [0.5, 0.6) is 0 Å². The number of thiazole rings is 1. The first kappa shape index (κ1) is 16.8. The molecule has 0 atom stereocenters. The monoisotopic (exact) mass is 356 g/mol. The Hall–Kier alpha value is -3.00. The van der Waals surface area contributed by atoms with Crippen molar-refractivity contribution in [2.24, 2.45) is 0 Å². The number of rotatable bonds is 6. The summed E-state index contributed by atoms with van der Waals surface area (Å²) >= 11 is 1.27. The highest BCUT2D eigenvalue weighted by atomic mass is 32.1. The van der Waals surface area contributed by atoms with Gasteiger partial charge in [-0.05, 0) is 29.8 Å². The summed E-state index contributed by atoms with van der Waals surface area (Å²) < 4.78 is 5.03. The molecule has 3 heterocycles. The zero-order valence-corrected chi connectivity index (χ0v) is 14.3. The lowest BCUT2D eigenvalue weighted by molar-refractivity contribution is -0.129. The summed E-state index contributed by atoms with van der Waals surface area (Å²) in [4.78, 5) is 34.1. The van der Waals surface area contributed by atoms with Crippen LogP contribution < -0.4 is 5.32 Å². The van der Waals surface area contributed by atoms with Crippen molar-refractivity contribution < 1.29 is 14.0 Å². The number of anilines is 1. The molecule has 0 radical (unpaired) electrons. The van der Waals surface area contributed by atoms with Crippen molar-refractivity contribution in [1.82, 2.24) is 14.9 Å². The van der Waals surface area contributed by atoms with E-state index in [1.165, 1.54) is 17.6 Å². The number of nitrogens with one attached hydrogen (secondary N) is 1. The van der Waals surface area contributed by atoms with E-state index in [-0.39, 0.29) is 24.0 Å². The van der Waals surface area contributed by atoms with Gasteiger partial charge in [0.25, 0.3) is 5.91 Å². The first-order chi connectivity index (χ1) is 12.1. The first-order valence-corrected chi connectivity index (χ1v) is 8.42. The molecular weight excluding hydrogens is 340 g/mol. The summed E-state index contributed by atoms with van der Waals surface area (Å²) in [5.41, 5.74) is 1.63. The summed E-state index contributed by atoms with van der Waals surface area (Å²) in [5, 5.41) is 4.84. The van der Waals surface area contributed by atoms with Crippen molar-refractivity contribution in [3.05, 3.63) is 65.3 Å². The first-order valence-electron chi connectivity index (χ1n) is 7.54. The van der Waals surface area contributed by atoms with E-state index in [4.69, 9.17) is 4.42 Å². The Kier molecular flexibility index (Phi) is 5.20. The molecule has 25 heavy (non-hydrogen) atoms. The highest BCUT2D eigenvalue weighted by Crippen LogP contribution is 2.17. The quantitative estimate of drug-likeness (QED) is 0.733. The fraction of sp³-hybridized carbons (Fsp3) is 0.176. The lowest BCUT2D eigenvalue weighted by atomic mass is 10.2. The zero-order chi connectivity index (χ0) is 17.6. The van der Waals surface area contributed by atoms with E-state index in [0.29, 0.717) is 17.4 Å². The SMILES string of the molecule is CN(Cc1ccncc1)C(=O)Cc1csc(NC(=O)c2ccco2)n1. The van der Waals surface area contributed by atoms with Gasteiger partial charge in [-0.25, -0.2) is 4.98 Å². The lowest BCUT2D eigenvalue weighted by Crippen LogP contribution is -2.27. The fourth-order valence-corrected chi connectivity index (χ4v) is 2.86. The van der Waals surface area contributed by atoms with E-state index in [2.05, 4.69) is 15.3 Å². The minimum Gasteiger partial charge on any atom is -0.459 e. The molecule has 0 spiro atoms. The van der Waals surface area contributed by atoms with Crippen molar-refractivity contribution in [3.8, 4) is 0 Å². The molecule has 0 aromatic carbocycles. The Morgan fingerprint density at radius 3 is 2.80 bits per heavy atom. The van der Waals surface area contributed by atoms with E-state index in [0.717, 1.165) is 5.56 Å². The molecule has 128 valence electrons. The Morgan fingerprint density at radius 2 is 2.08 bits per heavy atom. The van der Waals surface area contributed by atoms with E-state index in [9.17, 15) is 9.59 Å². The van der Waals surface area contributed by atoms with Gasteiger partial charge in [0.1, 0.15) is 0 Å². The van der Waals surface area contributed by atoms with E-state index in [1.807, 2.05) is 12.1 Å². The van der Waals surface area contributed by atoms with E-state index < -0.39 is 0 Å². The lowest BCUT2D eigenvalue weighted by Gasteiger charge is -2.16. The number of hydrogen-bond acceptors (Lipinski definition) is 6. The van der Waals surface area contributed by atoms with Crippen LogP contribution in [0.4, 0.5) is 5.13 Å². The minimum absolute atomic E-state index is 0.0500. The minimum atomic E-state index is -0.368. The van der Waals surface area contributed by atoms with Gasteiger partial charge in [-0.2, -0.15) is 0 Å². The third-order valence-corrected chi connectivity index (χ3v) is 4.25. The number of likely N-dealkylation sites (N-methyl/N-ethyl adjacent to an activating group) is 1. The molecule has 0 aliphatic rings. The van der Waals surface area contributed by atoms with E-state index in [1.54, 1.807) is 41.9 Å². The molecule has 3 aromatic heterocycles. The van der Waals surface area contributed by atoms with Crippen LogP contribution in [0, 0.1) is 0 Å². The molecule has 0 saturated heterocycles. The molecule has 0 aliphatic carbocycles. The number of hydrogen-bond donors (Lipinski definition) is 1. The van der Waals surface area contributed by atoms with Gasteiger partial charge >= 0.3 is 0 Å². The predicted octanol–water partition coefficient (Wildman–Crippen LogP) is 2.58. The molecule has 7 nitrogen and oxygen atoms in total. The summed E-state index contributed by atoms with van der Waals surface area (Å²) in [5.74, 6) is -0.206. The molecule has 3 rings (SSSR count). The normalized spacial score (nSPS) is 10.4. The maximum atomic E-state index is 12.3. The molecule has 0 fully saturated rings. The molecule has 0 unspecified atom stereocenters. The van der Waals surface area contributed by atoms with Gasteiger partial charge in [-0.3, -0.25) is 19.9 Å². The van der Waals surface area contributed by atoms with Gasteiger partial charge in [0.2, 0.25) is 5.91 Å². The molecule has 0 bridgehead atoms. The Bertz CT molecular complexity index is 846. The van der Waals surface area contributed by atoms with Crippen LogP contribution in [0.2, 0.25) is 0 Å². The van der Waals surface area contributed by atoms with Gasteiger partial charge in [-0.1, -0.05) is 0 Å². The van der Waals surface area contributed by atoms with Crippen LogP contribution in [0.15, 0.2) is 52.7 Å². The van der Waals surface area contributed by atoms with Crippen molar-refractivity contribution >= 4 is 28.3 Å². The fourth-order valence-electron chi connectivity index (χ4n) is 2.15. The number of carbonyl (C=O) groups is 2. The largest absolute Gasteiger partial charge is 0.459 e. The molecule has 3 aromatic rings. The van der Waals surface area contributed by atoms with Gasteiger partial charge < -0.3 is 9.32 Å². The molecule has 0 saturated carbocycles. The number of aromatic nitrogens is 2. The Morgan fingerprint density at radius 1 is 1.28 bits per heavy atom. The number of pyridine rings is 1. The summed E-state index contributed by atoms with van der Waals surface area (Å²) in [6, 6.07) is 6.95. The number of carbonyl (C=O) groups excluding carboxylic acids is 2. The third-order valence-electron chi connectivity index (χ3n) is 3.44. The van der Waals surface area contributed by atoms with Crippen molar-refractivity contribution in [2.45, 2.75) is 13.0 Å². The number of furan rings is 1. The van der Waals surface area contributed by atoms with Crippen molar-refractivity contribution in [1.29, 1.82) is 0 Å². The van der Waals surface area contributed by atoms with Gasteiger partial charge in [0.05, 0.1) is 18.4 Å². The number of amides is 2. The zero-order valence-electron chi connectivity index (χ0n) is 13.5. The second-order valence-corrected chi connectivity index (χ2v) is 6.22. The van der Waals surface area contributed by atoms with Gasteiger partial charge in [0, 0.05) is 31.4 Å². The van der Waals surface area contributed by atoms with Crippen LogP contribution in [-0.4, -0.2) is 33.7 Å². The topological polar surface area (TPSA) is 88.3 Å². The van der Waals surface area contributed by atoms with Gasteiger partial charge in [-0.15, -0.1) is 11.3 Å². The standard InChI is InChI=1S/C17H16N4O3S/c1-21(10-12-4-6-18-7-5-12)15(22)9-13-11-25-17(19-13)20-16(23)14-3-2-8-24-14/h2-8,11H,9-10H2,1H3,(H,19,20,23). The average molecular weight is 356 g/mol. The van der Waals surface area contributed by atoms with Crippen molar-refractivity contribution in [3.63, 3.8) is 0 Å². The second-order valence-electron chi connectivity index (χ2n) is 5.36. The highest BCUT2D eigenvalue weighted by Gasteiger charge is 2.15. The maximum Gasteiger partial charge on any atom is 0.293 e. The molecule has 8 heteroatoms. The Balaban J connectivity index is 1.55. The predicted molar refractivity (Wildman–Crippen MR) is 93.2 cm³/mol. The number of nitrogens with zero attached hydrogens (tertiary/aromatic N) is 3. The van der Waals surface area contributed by atoms with Crippen LogP contribution in [0.3, 0.4) is 0 Å². The van der Waals surface area contributed by atoms with Crippen LogP contribution in [-0.2, 0) is 17.8 Å². The summed E-state index contributed by atoms with van der Waals surface area (Å²) in [6.45, 7) is 0.508. The smallest absolute Gasteiger partial charge is 0.293 e. The molecule has 1 N–H and O–H groups in total. The maximum absolute atomic E-state index is 12.3. The molecule has 0 aliphatic heterocycles. The Labute approximate surface area is 148 Å². The second kappa shape index (κ2) is 7.71. The van der Waals surface area contributed by atoms with E-state index >= 15 is 0 Å². The summed E-state index contributed by atoms with van der Waals surface area (Å²) in [6.07, 6.45) is 5.00. The summed E-state index contributed by atoms with van der Waals surface area (Å²) in [7, 11) is 1.74. The van der Waals surface area contributed by atoms with Crippen molar-refractivity contribution in [2.75, 3.05) is 12.4 Å². The average Bonchev–Trinajstić information content (AvgIpc) is 3.28. The highest BCUT2D eigenvalue weighted by molar-refractivity contribution is 7.14.